The number of hydrogen-bond acceptors (Lipinski definition) is 2. The average molecular weight is 357 g/mol. The van der Waals surface area contributed by atoms with E-state index in [-0.39, 0.29) is 17.9 Å². The summed E-state index contributed by atoms with van der Waals surface area (Å²) in [5.74, 6) is -0.123. The molecule has 130 valence electrons. The van der Waals surface area contributed by atoms with Crippen LogP contribution in [-0.4, -0.2) is 22.8 Å². The van der Waals surface area contributed by atoms with Gasteiger partial charge < -0.3 is 10.2 Å². The Balaban J connectivity index is 1.70. The van der Waals surface area contributed by atoms with E-state index in [1.165, 1.54) is 0 Å². The third-order valence-electron chi connectivity index (χ3n) is 4.59. The Kier molecular flexibility index (Phi) is 5.39. The average Bonchev–Trinajstić information content (AvgIpc) is 2.98. The SMILES string of the molecule is C[C@@H](NC(=O)[C@H]1CCC(=O)N1Cc1ccccc1Cl)c1ccccc1. The van der Waals surface area contributed by atoms with Crippen molar-refractivity contribution in [2.45, 2.75) is 38.4 Å². The van der Waals surface area contributed by atoms with E-state index in [4.69, 9.17) is 11.6 Å². The molecule has 0 aromatic heterocycles. The molecule has 2 aromatic carbocycles. The van der Waals surface area contributed by atoms with Gasteiger partial charge in [-0.3, -0.25) is 9.59 Å². The van der Waals surface area contributed by atoms with E-state index in [0.717, 1.165) is 11.1 Å². The van der Waals surface area contributed by atoms with Gasteiger partial charge >= 0.3 is 0 Å². The van der Waals surface area contributed by atoms with Crippen LogP contribution in [0, 0.1) is 0 Å². The lowest BCUT2D eigenvalue weighted by Crippen LogP contribution is -2.45. The van der Waals surface area contributed by atoms with E-state index >= 15 is 0 Å². The standard InChI is InChI=1S/C20H21ClN2O2/c1-14(15-7-3-2-4-8-15)22-20(25)18-11-12-19(24)23(18)13-16-9-5-6-10-17(16)21/h2-10,14,18H,11-13H2,1H3,(H,22,25)/t14-,18-/m1/s1. The van der Waals surface area contributed by atoms with Crippen molar-refractivity contribution < 1.29 is 9.59 Å². The molecule has 1 fully saturated rings. The van der Waals surface area contributed by atoms with E-state index in [1.807, 2.05) is 55.5 Å². The molecular formula is C20H21ClN2O2. The topological polar surface area (TPSA) is 49.4 Å². The smallest absolute Gasteiger partial charge is 0.243 e. The van der Waals surface area contributed by atoms with Crippen LogP contribution >= 0.6 is 11.6 Å². The number of likely N-dealkylation sites (tertiary alicyclic amines) is 1. The van der Waals surface area contributed by atoms with Gasteiger partial charge in [-0.2, -0.15) is 0 Å². The summed E-state index contributed by atoms with van der Waals surface area (Å²) in [6.07, 6.45) is 0.929. The van der Waals surface area contributed by atoms with Gasteiger partial charge in [0.25, 0.3) is 0 Å². The maximum Gasteiger partial charge on any atom is 0.243 e. The van der Waals surface area contributed by atoms with E-state index in [9.17, 15) is 9.59 Å². The Morgan fingerprint density at radius 3 is 2.60 bits per heavy atom. The van der Waals surface area contributed by atoms with Crippen LogP contribution in [0.15, 0.2) is 54.6 Å². The molecule has 2 aromatic rings. The van der Waals surface area contributed by atoms with Gasteiger partial charge in [0.1, 0.15) is 6.04 Å². The second kappa shape index (κ2) is 7.70. The summed E-state index contributed by atoms with van der Waals surface area (Å²) in [5.41, 5.74) is 1.89. The van der Waals surface area contributed by atoms with Crippen LogP contribution in [0.25, 0.3) is 0 Å². The van der Waals surface area contributed by atoms with Crippen LogP contribution in [0.2, 0.25) is 5.02 Å². The van der Waals surface area contributed by atoms with E-state index in [2.05, 4.69) is 5.32 Å². The zero-order valence-electron chi connectivity index (χ0n) is 14.1. The van der Waals surface area contributed by atoms with E-state index in [1.54, 1.807) is 11.0 Å². The van der Waals surface area contributed by atoms with E-state index in [0.29, 0.717) is 24.4 Å². The van der Waals surface area contributed by atoms with Gasteiger partial charge in [0.2, 0.25) is 11.8 Å². The largest absolute Gasteiger partial charge is 0.348 e. The Labute approximate surface area is 152 Å². The summed E-state index contributed by atoms with van der Waals surface area (Å²) in [6, 6.07) is 16.7. The molecule has 0 spiro atoms. The molecule has 1 aliphatic heterocycles. The minimum atomic E-state index is -0.449. The molecule has 0 aliphatic carbocycles. The third kappa shape index (κ3) is 4.02. The molecule has 1 aliphatic rings. The number of hydrogen-bond donors (Lipinski definition) is 1. The highest BCUT2D eigenvalue weighted by atomic mass is 35.5. The van der Waals surface area contributed by atoms with Crippen LogP contribution in [0.4, 0.5) is 0 Å². The zero-order chi connectivity index (χ0) is 17.8. The Morgan fingerprint density at radius 1 is 1.20 bits per heavy atom. The van der Waals surface area contributed by atoms with Crippen molar-refractivity contribution in [2.24, 2.45) is 0 Å². The summed E-state index contributed by atoms with van der Waals surface area (Å²) in [4.78, 5) is 26.6. The molecule has 0 radical (unpaired) electrons. The first-order chi connectivity index (χ1) is 12.1. The van der Waals surface area contributed by atoms with Crippen LogP contribution in [0.5, 0.6) is 0 Å². The number of carbonyl (C=O) groups excluding carboxylic acids is 2. The van der Waals surface area contributed by atoms with Crippen LogP contribution in [0.1, 0.15) is 36.9 Å². The predicted octanol–water partition coefficient (Wildman–Crippen LogP) is 3.71. The number of halogens is 1. The first-order valence-corrected chi connectivity index (χ1v) is 8.82. The quantitative estimate of drug-likeness (QED) is 0.887. The molecule has 0 saturated carbocycles. The molecule has 2 atom stereocenters. The van der Waals surface area contributed by atoms with Gasteiger partial charge in [-0.05, 0) is 30.5 Å². The fourth-order valence-electron chi connectivity index (χ4n) is 3.15. The van der Waals surface area contributed by atoms with Crippen molar-refractivity contribution in [3.05, 3.63) is 70.7 Å². The van der Waals surface area contributed by atoms with Crippen molar-refractivity contribution in [3.63, 3.8) is 0 Å². The summed E-state index contributed by atoms with van der Waals surface area (Å²) in [6.45, 7) is 2.30. The second-order valence-corrected chi connectivity index (χ2v) is 6.72. The van der Waals surface area contributed by atoms with Gasteiger partial charge in [0, 0.05) is 18.0 Å². The number of benzene rings is 2. The maximum atomic E-state index is 12.7. The number of nitrogens with zero attached hydrogens (tertiary/aromatic N) is 1. The van der Waals surface area contributed by atoms with Crippen molar-refractivity contribution in [3.8, 4) is 0 Å². The Bertz CT molecular complexity index is 763. The minimum Gasteiger partial charge on any atom is -0.348 e. The molecule has 5 heteroatoms. The number of nitrogens with one attached hydrogen (secondary N) is 1. The van der Waals surface area contributed by atoms with Crippen molar-refractivity contribution >= 4 is 23.4 Å². The van der Waals surface area contributed by atoms with Gasteiger partial charge in [-0.15, -0.1) is 0 Å². The highest BCUT2D eigenvalue weighted by molar-refractivity contribution is 6.31. The molecule has 25 heavy (non-hydrogen) atoms. The van der Waals surface area contributed by atoms with Crippen LogP contribution < -0.4 is 5.32 Å². The first-order valence-electron chi connectivity index (χ1n) is 8.44. The number of amides is 2. The normalized spacial score (nSPS) is 18.2. The van der Waals surface area contributed by atoms with Crippen LogP contribution in [0.3, 0.4) is 0 Å². The highest BCUT2D eigenvalue weighted by Crippen LogP contribution is 2.25. The third-order valence-corrected chi connectivity index (χ3v) is 4.96. The van der Waals surface area contributed by atoms with Crippen molar-refractivity contribution in [1.82, 2.24) is 10.2 Å². The Hall–Kier alpha value is -2.33. The predicted molar refractivity (Wildman–Crippen MR) is 98.0 cm³/mol. The monoisotopic (exact) mass is 356 g/mol. The molecule has 0 unspecified atom stereocenters. The lowest BCUT2D eigenvalue weighted by atomic mass is 10.1. The summed E-state index contributed by atoms with van der Waals surface area (Å²) in [7, 11) is 0. The van der Waals surface area contributed by atoms with Gasteiger partial charge in [-0.1, -0.05) is 60.1 Å². The van der Waals surface area contributed by atoms with Crippen molar-refractivity contribution in [2.75, 3.05) is 0 Å². The van der Waals surface area contributed by atoms with Crippen LogP contribution in [-0.2, 0) is 16.1 Å². The summed E-state index contributed by atoms with van der Waals surface area (Å²) in [5, 5.41) is 3.63. The minimum absolute atomic E-state index is 0.00701. The van der Waals surface area contributed by atoms with Gasteiger partial charge in [0.05, 0.1) is 6.04 Å². The fourth-order valence-corrected chi connectivity index (χ4v) is 3.34. The molecule has 1 N–H and O–H groups in total. The number of rotatable bonds is 5. The first kappa shape index (κ1) is 17.5. The Morgan fingerprint density at radius 2 is 1.88 bits per heavy atom. The van der Waals surface area contributed by atoms with Gasteiger partial charge in [-0.25, -0.2) is 0 Å². The summed E-state index contributed by atoms with van der Waals surface area (Å²) >= 11 is 6.20. The molecular weight excluding hydrogens is 336 g/mol. The summed E-state index contributed by atoms with van der Waals surface area (Å²) < 4.78 is 0. The number of carbonyl (C=O) groups is 2. The van der Waals surface area contributed by atoms with Gasteiger partial charge in [0.15, 0.2) is 0 Å². The van der Waals surface area contributed by atoms with E-state index < -0.39 is 6.04 Å². The molecule has 0 bridgehead atoms. The highest BCUT2D eigenvalue weighted by Gasteiger charge is 2.36. The molecule has 1 saturated heterocycles. The second-order valence-electron chi connectivity index (χ2n) is 6.31. The molecule has 3 rings (SSSR count). The lowest BCUT2D eigenvalue weighted by Gasteiger charge is -2.26. The lowest BCUT2D eigenvalue weighted by molar-refractivity contribution is -0.136. The molecule has 1 heterocycles. The molecule has 4 nitrogen and oxygen atoms in total. The zero-order valence-corrected chi connectivity index (χ0v) is 14.9. The molecule has 2 amide bonds. The van der Waals surface area contributed by atoms with Crippen molar-refractivity contribution in [1.29, 1.82) is 0 Å². The fraction of sp³-hybridized carbons (Fsp3) is 0.300. The maximum absolute atomic E-state index is 12.7.